The van der Waals surface area contributed by atoms with E-state index in [1.54, 1.807) is 19.2 Å². The van der Waals surface area contributed by atoms with Crippen LogP contribution < -0.4 is 10.3 Å². The third-order valence-electron chi connectivity index (χ3n) is 5.76. The number of nitrogens with one attached hydrogen (secondary N) is 1. The van der Waals surface area contributed by atoms with Gasteiger partial charge in [-0.3, -0.25) is 4.79 Å². The van der Waals surface area contributed by atoms with E-state index >= 15 is 0 Å². The van der Waals surface area contributed by atoms with Gasteiger partial charge in [0.25, 0.3) is 0 Å². The Kier molecular flexibility index (Phi) is 6.96. The quantitative estimate of drug-likeness (QED) is 0.665. The summed E-state index contributed by atoms with van der Waals surface area (Å²) in [6.07, 6.45) is 1.59. The first-order valence-corrected chi connectivity index (χ1v) is 9.81. The number of aliphatic hydroxyl groups excluding tert-OH is 1. The zero-order valence-corrected chi connectivity index (χ0v) is 17.3. The van der Waals surface area contributed by atoms with Gasteiger partial charge < -0.3 is 19.7 Å². The van der Waals surface area contributed by atoms with E-state index in [1.165, 1.54) is 11.6 Å². The zero-order chi connectivity index (χ0) is 19.5. The molecule has 0 amide bonds. The number of H-pyrrole nitrogens is 1. The second-order valence-corrected chi connectivity index (χ2v) is 7.47. The minimum absolute atomic E-state index is 0. The van der Waals surface area contributed by atoms with Crippen molar-refractivity contribution in [1.82, 2.24) is 9.88 Å². The number of methoxy groups -OCH3 is 1. The number of rotatable bonds is 5. The molecule has 2 aromatic carbocycles. The van der Waals surface area contributed by atoms with E-state index in [9.17, 15) is 9.90 Å². The highest BCUT2D eigenvalue weighted by molar-refractivity contribution is 5.87. The van der Waals surface area contributed by atoms with Crippen LogP contribution in [-0.4, -0.2) is 41.7 Å². The largest absolute Gasteiger partial charge is 0.495 e. The van der Waals surface area contributed by atoms with E-state index in [4.69, 9.17) is 4.74 Å². The molecule has 2 heterocycles. The molecule has 6 heteroatoms. The summed E-state index contributed by atoms with van der Waals surface area (Å²) in [5.41, 5.74) is 2.68. The Morgan fingerprint density at radius 3 is 2.52 bits per heavy atom. The lowest BCUT2D eigenvalue weighted by molar-refractivity contribution is 0.0981. The Labute approximate surface area is 176 Å². The van der Waals surface area contributed by atoms with Gasteiger partial charge in [-0.15, -0.1) is 12.4 Å². The molecule has 29 heavy (non-hydrogen) atoms. The maximum Gasteiger partial charge on any atom is 0.248 e. The molecule has 0 radical (unpaired) electrons. The first kappa shape index (κ1) is 21.4. The number of piperidine rings is 1. The number of ether oxygens (including phenoxy) is 1. The lowest BCUT2D eigenvalue weighted by Gasteiger charge is -2.33. The van der Waals surface area contributed by atoms with Crippen LogP contribution in [-0.2, 0) is 0 Å². The third-order valence-corrected chi connectivity index (χ3v) is 5.76. The maximum atomic E-state index is 11.7. The summed E-state index contributed by atoms with van der Waals surface area (Å²) in [6, 6.07) is 17.6. The zero-order valence-electron chi connectivity index (χ0n) is 16.5. The Balaban J connectivity index is 0.00000240. The van der Waals surface area contributed by atoms with Gasteiger partial charge in [0.2, 0.25) is 5.56 Å². The third kappa shape index (κ3) is 4.64. The van der Waals surface area contributed by atoms with Crippen LogP contribution in [0.1, 0.15) is 36.0 Å². The highest BCUT2D eigenvalue weighted by Gasteiger charge is 2.23. The first-order chi connectivity index (χ1) is 13.7. The van der Waals surface area contributed by atoms with Crippen molar-refractivity contribution in [2.45, 2.75) is 24.9 Å². The minimum Gasteiger partial charge on any atom is -0.495 e. The average Bonchev–Trinajstić information content (AvgIpc) is 2.74. The number of aliphatic hydroxyl groups is 1. The fraction of sp³-hybridized carbons (Fsp3) is 0.348. The van der Waals surface area contributed by atoms with Crippen molar-refractivity contribution in [3.63, 3.8) is 0 Å². The molecule has 1 aliphatic rings. The summed E-state index contributed by atoms with van der Waals surface area (Å²) in [4.78, 5) is 16.9. The van der Waals surface area contributed by atoms with Crippen molar-refractivity contribution in [2.24, 2.45) is 0 Å². The molecule has 1 aliphatic heterocycles. The molecular weight excluding hydrogens is 388 g/mol. The molecular formula is C23H27ClN2O3. The van der Waals surface area contributed by atoms with E-state index in [0.717, 1.165) is 36.9 Å². The van der Waals surface area contributed by atoms with Crippen LogP contribution in [0.4, 0.5) is 0 Å². The number of aromatic amines is 1. The molecule has 4 rings (SSSR count). The molecule has 0 aliphatic carbocycles. The summed E-state index contributed by atoms with van der Waals surface area (Å²) in [7, 11) is 1.58. The molecule has 0 spiro atoms. The van der Waals surface area contributed by atoms with Crippen LogP contribution in [0.2, 0.25) is 0 Å². The Bertz CT molecular complexity index is 998. The Hall–Kier alpha value is -2.34. The van der Waals surface area contributed by atoms with E-state index in [2.05, 4.69) is 40.2 Å². The van der Waals surface area contributed by atoms with Gasteiger partial charge in [0.1, 0.15) is 5.75 Å². The van der Waals surface area contributed by atoms with Gasteiger partial charge in [0.05, 0.1) is 18.7 Å². The second kappa shape index (κ2) is 9.44. The van der Waals surface area contributed by atoms with Crippen LogP contribution in [0, 0.1) is 0 Å². The van der Waals surface area contributed by atoms with E-state index < -0.39 is 6.10 Å². The summed E-state index contributed by atoms with van der Waals surface area (Å²) < 4.78 is 5.36. The molecule has 0 saturated carbocycles. The van der Waals surface area contributed by atoms with Crippen molar-refractivity contribution >= 4 is 23.3 Å². The number of hydrogen-bond donors (Lipinski definition) is 2. The summed E-state index contributed by atoms with van der Waals surface area (Å²) in [5.74, 6) is 1.20. The monoisotopic (exact) mass is 414 g/mol. The summed E-state index contributed by atoms with van der Waals surface area (Å²) in [5, 5.41) is 11.7. The molecule has 3 aromatic rings. The average molecular weight is 415 g/mol. The van der Waals surface area contributed by atoms with E-state index in [-0.39, 0.29) is 18.0 Å². The predicted molar refractivity (Wildman–Crippen MR) is 118 cm³/mol. The van der Waals surface area contributed by atoms with Gasteiger partial charge in [-0.1, -0.05) is 36.4 Å². The van der Waals surface area contributed by atoms with Gasteiger partial charge in [-0.05, 0) is 55.1 Å². The summed E-state index contributed by atoms with van der Waals surface area (Å²) in [6.45, 7) is 2.53. The van der Waals surface area contributed by atoms with Crippen LogP contribution >= 0.6 is 12.4 Å². The smallest absolute Gasteiger partial charge is 0.248 e. The van der Waals surface area contributed by atoms with Crippen LogP contribution in [0.3, 0.4) is 0 Å². The molecule has 1 saturated heterocycles. The fourth-order valence-electron chi connectivity index (χ4n) is 4.23. The highest BCUT2D eigenvalue weighted by atomic mass is 35.5. The number of fused-ring (bicyclic) bond motifs is 1. The van der Waals surface area contributed by atoms with E-state index in [0.29, 0.717) is 23.7 Å². The van der Waals surface area contributed by atoms with Crippen LogP contribution in [0.15, 0.2) is 59.4 Å². The van der Waals surface area contributed by atoms with Gasteiger partial charge >= 0.3 is 0 Å². The standard InChI is InChI=1S/C23H26N2O3.ClH/c1-28-21-9-7-18(19-8-10-22(27)24-23(19)21)20(26)15-25-13-11-17(12-14-25)16-5-3-2-4-6-16;/h2-10,17,20,26H,11-15H2,1H3,(H,24,27);1H. The number of hydrogen-bond acceptors (Lipinski definition) is 4. The van der Waals surface area contributed by atoms with Gasteiger partial charge in [-0.2, -0.15) is 0 Å². The van der Waals surface area contributed by atoms with Crippen LogP contribution in [0.25, 0.3) is 10.9 Å². The van der Waals surface area contributed by atoms with Crippen molar-refractivity contribution in [1.29, 1.82) is 0 Å². The van der Waals surface area contributed by atoms with Gasteiger partial charge in [0.15, 0.2) is 0 Å². The molecule has 154 valence electrons. The molecule has 5 nitrogen and oxygen atoms in total. The van der Waals surface area contributed by atoms with E-state index in [1.807, 2.05) is 6.07 Å². The molecule has 2 N–H and O–H groups in total. The fourth-order valence-corrected chi connectivity index (χ4v) is 4.23. The van der Waals surface area contributed by atoms with Crippen molar-refractivity contribution in [3.8, 4) is 5.75 Å². The SMILES string of the molecule is COc1ccc(C(O)CN2CCC(c3ccccc3)CC2)c2ccc(=O)[nH]c12.Cl. The second-order valence-electron chi connectivity index (χ2n) is 7.47. The normalized spacial score (nSPS) is 16.3. The number of halogens is 1. The number of pyridine rings is 1. The number of aromatic nitrogens is 1. The maximum absolute atomic E-state index is 11.7. The number of nitrogens with zero attached hydrogens (tertiary/aromatic N) is 1. The predicted octanol–water partition coefficient (Wildman–Crippen LogP) is 3.87. The molecule has 1 aromatic heterocycles. The first-order valence-electron chi connectivity index (χ1n) is 9.81. The number of likely N-dealkylation sites (tertiary alicyclic amines) is 1. The Morgan fingerprint density at radius 1 is 1.10 bits per heavy atom. The molecule has 1 unspecified atom stereocenters. The Morgan fingerprint density at radius 2 is 1.83 bits per heavy atom. The minimum atomic E-state index is -0.618. The van der Waals surface area contributed by atoms with Crippen LogP contribution in [0.5, 0.6) is 5.75 Å². The lowest BCUT2D eigenvalue weighted by Crippen LogP contribution is -2.36. The molecule has 1 atom stereocenters. The molecule has 0 bridgehead atoms. The summed E-state index contributed by atoms with van der Waals surface area (Å²) >= 11 is 0. The highest BCUT2D eigenvalue weighted by Crippen LogP contribution is 2.32. The van der Waals surface area contributed by atoms with Crippen molar-refractivity contribution < 1.29 is 9.84 Å². The van der Waals surface area contributed by atoms with Crippen molar-refractivity contribution in [3.05, 3.63) is 76.1 Å². The lowest BCUT2D eigenvalue weighted by atomic mass is 9.89. The number of β-amino-alcohol motifs (C(OH)–C–C–N with tert-alkyl or cyclic N) is 1. The molecule has 1 fully saturated rings. The van der Waals surface area contributed by atoms with Gasteiger partial charge in [0, 0.05) is 18.0 Å². The van der Waals surface area contributed by atoms with Gasteiger partial charge in [-0.25, -0.2) is 0 Å². The topological polar surface area (TPSA) is 65.6 Å². The van der Waals surface area contributed by atoms with Crippen molar-refractivity contribution in [2.75, 3.05) is 26.7 Å². The number of benzene rings is 2.